The second-order valence-electron chi connectivity index (χ2n) is 4.25. The van der Waals surface area contributed by atoms with Gasteiger partial charge in [-0.05, 0) is 35.9 Å². The number of halogens is 1. The third-order valence-electron chi connectivity index (χ3n) is 2.79. The fourth-order valence-electron chi connectivity index (χ4n) is 1.78. The number of ether oxygens (including phenoxy) is 1. The predicted octanol–water partition coefficient (Wildman–Crippen LogP) is 3.73. The number of benzene rings is 2. The van der Waals surface area contributed by atoms with Crippen molar-refractivity contribution in [2.24, 2.45) is 0 Å². The molecule has 0 spiro atoms. The largest absolute Gasteiger partial charge is 0.479 e. The lowest BCUT2D eigenvalue weighted by atomic mass is 10.2. The Morgan fingerprint density at radius 3 is 2.71 bits per heavy atom. The summed E-state index contributed by atoms with van der Waals surface area (Å²) < 4.78 is 5.25. The fraction of sp³-hybridized carbons (Fsp3) is 0.125. The lowest BCUT2D eigenvalue weighted by Crippen LogP contribution is -2.00. The van der Waals surface area contributed by atoms with E-state index in [1.54, 1.807) is 24.3 Å². The molecule has 0 amide bonds. The Bertz CT molecular complexity index is 716. The zero-order valence-electron chi connectivity index (χ0n) is 11.1. The molecule has 2 rings (SSSR count). The highest BCUT2D eigenvalue weighted by Crippen LogP contribution is 2.21. The molecule has 0 aliphatic heterocycles. The van der Waals surface area contributed by atoms with E-state index in [-0.39, 0.29) is 6.61 Å². The Balaban J connectivity index is 2.01. The van der Waals surface area contributed by atoms with Crippen molar-refractivity contribution in [1.29, 1.82) is 10.5 Å². The van der Waals surface area contributed by atoms with Gasteiger partial charge in [-0.1, -0.05) is 23.7 Å². The Morgan fingerprint density at radius 1 is 1.14 bits per heavy atom. The zero-order valence-corrected chi connectivity index (χ0v) is 11.9. The van der Waals surface area contributed by atoms with Gasteiger partial charge in [0.1, 0.15) is 17.9 Å². The van der Waals surface area contributed by atoms with Crippen LogP contribution in [0.2, 0.25) is 5.02 Å². The fourth-order valence-corrected chi connectivity index (χ4v) is 2.00. The van der Waals surface area contributed by atoms with Crippen molar-refractivity contribution < 1.29 is 4.74 Å². The molecular formula is C16H12ClN3O. The van der Waals surface area contributed by atoms with Gasteiger partial charge in [0.15, 0.2) is 6.61 Å². The van der Waals surface area contributed by atoms with E-state index < -0.39 is 0 Å². The van der Waals surface area contributed by atoms with E-state index in [1.165, 1.54) is 0 Å². The van der Waals surface area contributed by atoms with Gasteiger partial charge in [-0.2, -0.15) is 10.5 Å². The zero-order chi connectivity index (χ0) is 15.1. The highest BCUT2D eigenvalue weighted by Gasteiger charge is 2.02. The van der Waals surface area contributed by atoms with Crippen molar-refractivity contribution in [3.05, 3.63) is 58.6 Å². The van der Waals surface area contributed by atoms with Crippen LogP contribution >= 0.6 is 11.6 Å². The highest BCUT2D eigenvalue weighted by molar-refractivity contribution is 6.32. The Labute approximate surface area is 128 Å². The third-order valence-corrected chi connectivity index (χ3v) is 3.10. The summed E-state index contributed by atoms with van der Waals surface area (Å²) in [4.78, 5) is 0. The van der Waals surface area contributed by atoms with Crippen LogP contribution < -0.4 is 10.1 Å². The van der Waals surface area contributed by atoms with E-state index in [1.807, 2.05) is 30.3 Å². The van der Waals surface area contributed by atoms with Gasteiger partial charge >= 0.3 is 0 Å². The van der Waals surface area contributed by atoms with Gasteiger partial charge in [-0.25, -0.2) is 0 Å². The molecule has 2 aromatic rings. The third kappa shape index (κ3) is 4.14. The van der Waals surface area contributed by atoms with Gasteiger partial charge in [0.05, 0.1) is 10.6 Å². The molecule has 4 nitrogen and oxygen atoms in total. The Hall–Kier alpha value is -2.69. The number of nitriles is 2. The lowest BCUT2D eigenvalue weighted by molar-refractivity contribution is 0.368. The molecule has 2 aromatic carbocycles. The quantitative estimate of drug-likeness (QED) is 0.913. The predicted molar refractivity (Wildman–Crippen MR) is 81.0 cm³/mol. The first-order chi connectivity index (χ1) is 10.2. The van der Waals surface area contributed by atoms with Crippen LogP contribution in [-0.2, 0) is 6.54 Å². The van der Waals surface area contributed by atoms with Gasteiger partial charge in [0, 0.05) is 12.2 Å². The van der Waals surface area contributed by atoms with Gasteiger partial charge in [-0.15, -0.1) is 0 Å². The molecule has 0 aliphatic carbocycles. The van der Waals surface area contributed by atoms with Crippen LogP contribution in [-0.4, -0.2) is 6.61 Å². The highest BCUT2D eigenvalue weighted by atomic mass is 35.5. The second-order valence-corrected chi connectivity index (χ2v) is 4.66. The minimum atomic E-state index is 0.0299. The van der Waals surface area contributed by atoms with Gasteiger partial charge in [0.2, 0.25) is 0 Å². The first kappa shape index (κ1) is 14.7. The maximum absolute atomic E-state index is 8.83. The van der Waals surface area contributed by atoms with Gasteiger partial charge in [0.25, 0.3) is 0 Å². The van der Waals surface area contributed by atoms with Crippen LogP contribution in [0.15, 0.2) is 42.5 Å². The van der Waals surface area contributed by atoms with Crippen molar-refractivity contribution in [3.63, 3.8) is 0 Å². The molecule has 21 heavy (non-hydrogen) atoms. The molecule has 104 valence electrons. The molecule has 1 N–H and O–H groups in total. The van der Waals surface area contributed by atoms with E-state index in [0.717, 1.165) is 11.3 Å². The van der Waals surface area contributed by atoms with Gasteiger partial charge in [-0.3, -0.25) is 0 Å². The molecule has 5 heteroatoms. The molecule has 0 fully saturated rings. The average molecular weight is 298 g/mol. The first-order valence-electron chi connectivity index (χ1n) is 6.25. The van der Waals surface area contributed by atoms with Crippen LogP contribution in [0.4, 0.5) is 5.69 Å². The topological polar surface area (TPSA) is 68.8 Å². The average Bonchev–Trinajstić information content (AvgIpc) is 2.51. The monoisotopic (exact) mass is 297 g/mol. The molecule has 0 atom stereocenters. The van der Waals surface area contributed by atoms with Crippen LogP contribution in [0.5, 0.6) is 5.75 Å². The molecule has 0 unspecified atom stereocenters. The van der Waals surface area contributed by atoms with Crippen molar-refractivity contribution in [2.75, 3.05) is 11.9 Å². The van der Waals surface area contributed by atoms with Crippen LogP contribution in [0.1, 0.15) is 11.1 Å². The smallest absolute Gasteiger partial charge is 0.174 e. The maximum atomic E-state index is 8.83. The molecule has 0 heterocycles. The molecule has 0 radical (unpaired) electrons. The molecular weight excluding hydrogens is 286 g/mol. The summed E-state index contributed by atoms with van der Waals surface area (Å²) >= 11 is 5.98. The summed E-state index contributed by atoms with van der Waals surface area (Å²) in [6.07, 6.45) is 0. The molecule has 0 aromatic heterocycles. The van der Waals surface area contributed by atoms with Crippen LogP contribution in [0.25, 0.3) is 0 Å². The van der Waals surface area contributed by atoms with Crippen molar-refractivity contribution in [1.82, 2.24) is 0 Å². The number of rotatable bonds is 5. The number of hydrogen-bond donors (Lipinski definition) is 1. The summed E-state index contributed by atoms with van der Waals surface area (Å²) in [5.74, 6) is 0.661. The standard InChI is InChI=1S/C16H12ClN3O/c17-16-9-14(5-4-13(16)10-19)20-11-12-2-1-3-15(8-12)21-7-6-18/h1-5,8-9,20H,7,11H2. The van der Waals surface area contributed by atoms with Crippen molar-refractivity contribution >= 4 is 17.3 Å². The molecule has 0 aliphatic rings. The normalized spacial score (nSPS) is 9.48. The SMILES string of the molecule is N#CCOc1cccc(CNc2ccc(C#N)c(Cl)c2)c1. The molecule has 0 saturated carbocycles. The summed E-state index contributed by atoms with van der Waals surface area (Å²) in [5, 5.41) is 21.0. The summed E-state index contributed by atoms with van der Waals surface area (Å²) in [6, 6.07) is 16.7. The van der Waals surface area contributed by atoms with E-state index in [4.69, 9.17) is 26.9 Å². The van der Waals surface area contributed by atoms with Crippen LogP contribution in [0, 0.1) is 22.7 Å². The van der Waals surface area contributed by atoms with E-state index >= 15 is 0 Å². The van der Waals surface area contributed by atoms with Gasteiger partial charge < -0.3 is 10.1 Å². The minimum absolute atomic E-state index is 0.0299. The number of nitrogens with one attached hydrogen (secondary N) is 1. The van der Waals surface area contributed by atoms with E-state index in [2.05, 4.69) is 5.32 Å². The van der Waals surface area contributed by atoms with E-state index in [9.17, 15) is 0 Å². The minimum Gasteiger partial charge on any atom is -0.479 e. The summed E-state index contributed by atoms with van der Waals surface area (Å²) in [5.41, 5.74) is 2.31. The number of hydrogen-bond acceptors (Lipinski definition) is 4. The molecule has 0 saturated heterocycles. The van der Waals surface area contributed by atoms with E-state index in [0.29, 0.717) is 22.9 Å². The van der Waals surface area contributed by atoms with Crippen LogP contribution in [0.3, 0.4) is 0 Å². The lowest BCUT2D eigenvalue weighted by Gasteiger charge is -2.09. The summed E-state index contributed by atoms with van der Waals surface area (Å²) in [6.45, 7) is 0.619. The summed E-state index contributed by atoms with van der Waals surface area (Å²) in [7, 11) is 0. The second kappa shape index (κ2) is 7.19. The molecule has 0 bridgehead atoms. The Morgan fingerprint density at radius 2 is 2.00 bits per heavy atom. The van der Waals surface area contributed by atoms with Crippen molar-refractivity contribution in [3.8, 4) is 17.9 Å². The first-order valence-corrected chi connectivity index (χ1v) is 6.63. The number of nitrogens with zero attached hydrogens (tertiary/aromatic N) is 2. The Kier molecular flexibility index (Phi) is 5.04. The maximum Gasteiger partial charge on any atom is 0.174 e. The van der Waals surface area contributed by atoms with Crippen molar-refractivity contribution in [2.45, 2.75) is 6.54 Å². The number of anilines is 1.